The van der Waals surface area contributed by atoms with Gasteiger partial charge in [-0.25, -0.2) is 4.39 Å². The minimum atomic E-state index is -2.92. The highest BCUT2D eigenvalue weighted by Gasteiger charge is 2.36. The number of alkyl halides is 6. The van der Waals surface area contributed by atoms with Crippen molar-refractivity contribution in [3.05, 3.63) is 0 Å². The Morgan fingerprint density at radius 2 is 1.67 bits per heavy atom. The van der Waals surface area contributed by atoms with Gasteiger partial charge < -0.3 is 9.84 Å². The molecule has 2 nitrogen and oxygen atoms in total. The van der Waals surface area contributed by atoms with Crippen molar-refractivity contribution in [1.29, 1.82) is 0 Å². The Balaban J connectivity index is 3.80. The van der Waals surface area contributed by atoms with Crippen molar-refractivity contribution in [2.45, 2.75) is 14.7 Å². The van der Waals surface area contributed by atoms with Crippen molar-refractivity contribution in [1.82, 2.24) is 0 Å². The molecule has 0 aromatic heterocycles. The van der Waals surface area contributed by atoms with Crippen molar-refractivity contribution in [3.63, 3.8) is 0 Å². The van der Waals surface area contributed by atoms with E-state index in [1.54, 1.807) is 0 Å². The smallest absolute Gasteiger partial charge is 0.308 e. The normalized spacial score (nSPS) is 16.2. The first-order valence-corrected chi connectivity index (χ1v) is 4.45. The molecule has 1 unspecified atom stereocenters. The van der Waals surface area contributed by atoms with Crippen LogP contribution in [0.2, 0.25) is 0 Å². The monoisotopic (exact) mass is 278 g/mol. The molecular formula is C4H4Cl5FO2. The van der Waals surface area contributed by atoms with Gasteiger partial charge in [-0.2, -0.15) is 0 Å². The summed E-state index contributed by atoms with van der Waals surface area (Å²) in [5, 5.41) is 8.71. The van der Waals surface area contributed by atoms with Crippen LogP contribution in [0.4, 0.5) is 4.39 Å². The predicted octanol–water partition coefficient (Wildman–Crippen LogP) is 2.79. The second kappa shape index (κ2) is 4.69. The average Bonchev–Trinajstić information content (AvgIpc) is 1.78. The van der Waals surface area contributed by atoms with Gasteiger partial charge in [0.25, 0.3) is 0 Å². The second-order valence-electron chi connectivity index (χ2n) is 1.82. The lowest BCUT2D eigenvalue weighted by Gasteiger charge is -2.19. The van der Waals surface area contributed by atoms with Crippen LogP contribution in [-0.2, 0) is 4.74 Å². The van der Waals surface area contributed by atoms with Gasteiger partial charge in [-0.3, -0.25) is 0 Å². The predicted molar refractivity (Wildman–Crippen MR) is 47.8 cm³/mol. The summed E-state index contributed by atoms with van der Waals surface area (Å²) in [4.78, 5) is 0. The summed E-state index contributed by atoms with van der Waals surface area (Å²) in [7, 11) is 0. The number of rotatable bonds is 3. The summed E-state index contributed by atoms with van der Waals surface area (Å²) in [5.74, 6) is 0. The molecule has 0 heterocycles. The first-order chi connectivity index (χ1) is 5.13. The molecule has 0 radical (unpaired) electrons. The van der Waals surface area contributed by atoms with Gasteiger partial charge in [0.05, 0.1) is 6.61 Å². The third-order valence-electron chi connectivity index (χ3n) is 0.685. The molecule has 1 N–H and O–H groups in total. The van der Waals surface area contributed by atoms with Crippen LogP contribution >= 0.6 is 58.0 Å². The molecule has 0 saturated heterocycles. The van der Waals surface area contributed by atoms with Crippen LogP contribution in [0.3, 0.4) is 0 Å². The maximum Gasteiger partial charge on any atom is 0.308 e. The number of hydrogen-bond donors (Lipinski definition) is 1. The maximum atomic E-state index is 12.4. The zero-order chi connectivity index (χ0) is 9.99. The number of hydrogen-bond acceptors (Lipinski definition) is 2. The topological polar surface area (TPSA) is 29.5 Å². The van der Waals surface area contributed by atoms with Gasteiger partial charge in [-0.15, -0.1) is 0 Å². The van der Waals surface area contributed by atoms with Crippen LogP contribution in [0.1, 0.15) is 0 Å². The fourth-order valence-corrected chi connectivity index (χ4v) is 0.583. The highest BCUT2D eigenvalue weighted by atomic mass is 35.6. The van der Waals surface area contributed by atoms with E-state index in [9.17, 15) is 4.39 Å². The van der Waals surface area contributed by atoms with Crippen LogP contribution in [-0.4, -0.2) is 26.4 Å². The van der Waals surface area contributed by atoms with E-state index in [2.05, 4.69) is 4.74 Å². The van der Waals surface area contributed by atoms with E-state index in [1.807, 2.05) is 0 Å². The quantitative estimate of drug-likeness (QED) is 0.636. The van der Waals surface area contributed by atoms with Crippen LogP contribution in [0, 0.1) is 0 Å². The standard InChI is InChI=1S/C4H4Cl5FO2/c5-3(6,7)1-12-2(11)4(8,9)10/h2,11H,1H2. The van der Waals surface area contributed by atoms with Crippen molar-refractivity contribution in [3.8, 4) is 0 Å². The molecule has 8 heteroatoms. The van der Waals surface area contributed by atoms with Gasteiger partial charge in [0, 0.05) is 0 Å². The van der Waals surface area contributed by atoms with Crippen LogP contribution in [0.15, 0.2) is 0 Å². The maximum absolute atomic E-state index is 12.4. The number of halogens is 6. The average molecular weight is 280 g/mol. The van der Waals surface area contributed by atoms with Gasteiger partial charge in [-0.1, -0.05) is 58.0 Å². The third kappa shape index (κ3) is 6.78. The fraction of sp³-hybridized carbons (Fsp3) is 1.00. The summed E-state index contributed by atoms with van der Waals surface area (Å²) in [5.41, 5.74) is 0. The minimum absolute atomic E-state index is 0.524. The largest absolute Gasteiger partial charge is 0.363 e. The SMILES string of the molecule is OC(OCC(Cl)(Cl)Cl)C(F)(Cl)Cl. The van der Waals surface area contributed by atoms with E-state index in [0.717, 1.165) is 0 Å². The first-order valence-electron chi connectivity index (χ1n) is 2.56. The number of aliphatic hydroxyl groups excluding tert-OH is 1. The second-order valence-corrected chi connectivity index (χ2v) is 5.63. The van der Waals surface area contributed by atoms with Crippen LogP contribution in [0.25, 0.3) is 0 Å². The number of ether oxygens (including phenoxy) is 1. The van der Waals surface area contributed by atoms with E-state index in [1.165, 1.54) is 0 Å². The molecule has 0 bridgehead atoms. The van der Waals surface area contributed by atoms with Crippen molar-refractivity contribution >= 4 is 58.0 Å². The molecule has 0 aliphatic carbocycles. The van der Waals surface area contributed by atoms with E-state index >= 15 is 0 Å². The van der Waals surface area contributed by atoms with Gasteiger partial charge in [0.1, 0.15) is 0 Å². The molecule has 0 fully saturated rings. The minimum Gasteiger partial charge on any atom is -0.363 e. The van der Waals surface area contributed by atoms with E-state index in [4.69, 9.17) is 63.1 Å². The summed E-state index contributed by atoms with van der Waals surface area (Å²) in [6, 6.07) is 0. The fourth-order valence-electron chi connectivity index (χ4n) is 0.268. The Kier molecular flexibility index (Phi) is 5.20. The van der Waals surface area contributed by atoms with Gasteiger partial charge >= 0.3 is 4.59 Å². The lowest BCUT2D eigenvalue weighted by atomic mass is 10.7. The third-order valence-corrected chi connectivity index (χ3v) is 1.39. The van der Waals surface area contributed by atoms with E-state index < -0.39 is 21.3 Å². The Hall–Kier alpha value is 1.30. The Labute approximate surface area is 93.4 Å². The molecule has 0 aliphatic rings. The van der Waals surface area contributed by atoms with Crippen molar-refractivity contribution < 1.29 is 14.2 Å². The molecule has 0 rings (SSSR count). The summed E-state index contributed by atoms with van der Waals surface area (Å²) in [6.07, 6.45) is -2.06. The van der Waals surface area contributed by atoms with Gasteiger partial charge in [0.2, 0.25) is 10.1 Å². The molecule has 0 amide bonds. The molecular weight excluding hydrogens is 276 g/mol. The highest BCUT2D eigenvalue weighted by molar-refractivity contribution is 6.67. The Bertz CT molecular complexity index is 141. The lowest BCUT2D eigenvalue weighted by Crippen LogP contribution is -2.32. The molecule has 74 valence electrons. The van der Waals surface area contributed by atoms with Crippen LogP contribution in [0.5, 0.6) is 0 Å². The zero-order valence-electron chi connectivity index (χ0n) is 5.41. The van der Waals surface area contributed by atoms with E-state index in [-0.39, 0.29) is 0 Å². The highest BCUT2D eigenvalue weighted by Crippen LogP contribution is 2.31. The molecule has 0 spiro atoms. The van der Waals surface area contributed by atoms with E-state index in [0.29, 0.717) is 0 Å². The molecule has 1 atom stereocenters. The summed E-state index contributed by atoms with van der Waals surface area (Å²) >= 11 is 25.3. The van der Waals surface area contributed by atoms with Crippen LogP contribution < -0.4 is 0 Å². The zero-order valence-corrected chi connectivity index (χ0v) is 9.19. The molecule has 0 aliphatic heterocycles. The Morgan fingerprint density at radius 1 is 1.25 bits per heavy atom. The van der Waals surface area contributed by atoms with Gasteiger partial charge in [-0.05, 0) is 0 Å². The first kappa shape index (κ1) is 13.3. The van der Waals surface area contributed by atoms with Crippen molar-refractivity contribution in [2.24, 2.45) is 0 Å². The number of aliphatic hydroxyl groups is 1. The van der Waals surface area contributed by atoms with Gasteiger partial charge in [0.15, 0.2) is 0 Å². The summed E-state index contributed by atoms with van der Waals surface area (Å²) < 4.78 is 12.0. The van der Waals surface area contributed by atoms with Crippen molar-refractivity contribution in [2.75, 3.05) is 6.61 Å². The molecule has 0 aromatic carbocycles. The Morgan fingerprint density at radius 3 is 1.92 bits per heavy atom. The molecule has 0 saturated carbocycles. The molecule has 0 aromatic rings. The molecule has 12 heavy (non-hydrogen) atoms. The lowest BCUT2D eigenvalue weighted by molar-refractivity contribution is -0.130. The summed E-state index contributed by atoms with van der Waals surface area (Å²) in [6.45, 7) is -0.524.